The largest absolute Gasteiger partial charge is 0.494 e. The molecule has 0 aliphatic heterocycles. The lowest BCUT2D eigenvalue weighted by atomic mass is 10.2. The Morgan fingerprint density at radius 3 is 2.42 bits per heavy atom. The predicted octanol–water partition coefficient (Wildman–Crippen LogP) is 2.84. The first-order valence-electron chi connectivity index (χ1n) is 8.29. The zero-order chi connectivity index (χ0) is 18.8. The zero-order valence-corrected chi connectivity index (χ0v) is 14.5. The predicted molar refractivity (Wildman–Crippen MR) is 94.3 cm³/mol. The van der Waals surface area contributed by atoms with Crippen LogP contribution >= 0.6 is 0 Å². The van der Waals surface area contributed by atoms with Gasteiger partial charge in [0.2, 0.25) is 0 Å². The lowest BCUT2D eigenvalue weighted by molar-refractivity contribution is -0.123. The van der Waals surface area contributed by atoms with Crippen molar-refractivity contribution in [2.45, 2.75) is 19.8 Å². The Morgan fingerprint density at radius 1 is 1.00 bits per heavy atom. The second kappa shape index (κ2) is 10.0. The molecule has 0 aliphatic rings. The first kappa shape index (κ1) is 19.2. The van der Waals surface area contributed by atoms with E-state index in [2.05, 4.69) is 17.8 Å². The smallest absolute Gasteiger partial charge is 0.276 e. The summed E-state index contributed by atoms with van der Waals surface area (Å²) >= 11 is 0. The van der Waals surface area contributed by atoms with Crippen LogP contribution in [0.1, 0.15) is 30.1 Å². The molecule has 0 aliphatic carbocycles. The molecule has 0 bridgehead atoms. The summed E-state index contributed by atoms with van der Waals surface area (Å²) in [7, 11) is 0. The van der Waals surface area contributed by atoms with Crippen molar-refractivity contribution in [1.29, 1.82) is 0 Å². The van der Waals surface area contributed by atoms with Crippen LogP contribution < -0.4 is 20.3 Å². The SMILES string of the molecule is CCCCOc1ccc(C(=O)NNC(=O)COc2ccccc2F)cc1. The number of hydrazine groups is 1. The summed E-state index contributed by atoms with van der Waals surface area (Å²) in [5.74, 6) is -1.01. The van der Waals surface area contributed by atoms with E-state index in [1.54, 1.807) is 30.3 Å². The van der Waals surface area contributed by atoms with Crippen LogP contribution in [-0.2, 0) is 4.79 Å². The van der Waals surface area contributed by atoms with E-state index in [0.717, 1.165) is 12.8 Å². The Kier molecular flexibility index (Phi) is 7.42. The van der Waals surface area contributed by atoms with Crippen molar-refractivity contribution in [2.24, 2.45) is 0 Å². The average Bonchev–Trinajstić information content (AvgIpc) is 2.66. The monoisotopic (exact) mass is 360 g/mol. The van der Waals surface area contributed by atoms with Gasteiger partial charge in [-0.05, 0) is 42.8 Å². The molecule has 0 atom stereocenters. The van der Waals surface area contributed by atoms with E-state index in [0.29, 0.717) is 17.9 Å². The number of carbonyl (C=O) groups is 2. The molecule has 138 valence electrons. The van der Waals surface area contributed by atoms with Crippen molar-refractivity contribution >= 4 is 11.8 Å². The second-order valence-corrected chi connectivity index (χ2v) is 5.45. The highest BCUT2D eigenvalue weighted by atomic mass is 19.1. The van der Waals surface area contributed by atoms with Crippen LogP contribution in [0.25, 0.3) is 0 Å². The van der Waals surface area contributed by atoms with Gasteiger partial charge in [-0.15, -0.1) is 0 Å². The van der Waals surface area contributed by atoms with Gasteiger partial charge in [-0.25, -0.2) is 4.39 Å². The lowest BCUT2D eigenvalue weighted by Gasteiger charge is -2.10. The number of rotatable bonds is 8. The molecule has 0 saturated heterocycles. The molecule has 6 nitrogen and oxygen atoms in total. The summed E-state index contributed by atoms with van der Waals surface area (Å²) in [5.41, 5.74) is 4.84. The van der Waals surface area contributed by atoms with Crippen LogP contribution in [0.3, 0.4) is 0 Å². The number of para-hydroxylation sites is 1. The normalized spacial score (nSPS) is 10.1. The summed E-state index contributed by atoms with van der Waals surface area (Å²) in [5, 5.41) is 0. The first-order valence-corrected chi connectivity index (χ1v) is 8.29. The average molecular weight is 360 g/mol. The number of hydrogen-bond donors (Lipinski definition) is 2. The highest BCUT2D eigenvalue weighted by Gasteiger charge is 2.09. The lowest BCUT2D eigenvalue weighted by Crippen LogP contribution is -2.43. The summed E-state index contributed by atoms with van der Waals surface area (Å²) in [4.78, 5) is 23.7. The molecule has 0 spiro atoms. The highest BCUT2D eigenvalue weighted by Crippen LogP contribution is 2.15. The van der Waals surface area contributed by atoms with Crippen molar-refractivity contribution in [3.63, 3.8) is 0 Å². The standard InChI is InChI=1S/C19H21FN2O4/c1-2-3-12-25-15-10-8-14(9-11-15)19(24)22-21-18(23)13-26-17-7-5-4-6-16(17)20/h4-11H,2-3,12-13H2,1H3,(H,21,23)(H,22,24). The number of benzene rings is 2. The molecule has 2 N–H and O–H groups in total. The molecule has 0 radical (unpaired) electrons. The van der Waals surface area contributed by atoms with Crippen molar-refractivity contribution in [2.75, 3.05) is 13.2 Å². The number of unbranched alkanes of at least 4 members (excludes halogenated alkanes) is 1. The number of amides is 2. The fraction of sp³-hybridized carbons (Fsp3) is 0.263. The molecule has 0 aromatic heterocycles. The quantitative estimate of drug-likeness (QED) is 0.561. The van der Waals surface area contributed by atoms with E-state index in [9.17, 15) is 14.0 Å². The van der Waals surface area contributed by atoms with Crippen molar-refractivity contribution in [3.8, 4) is 11.5 Å². The van der Waals surface area contributed by atoms with Gasteiger partial charge in [0.15, 0.2) is 18.2 Å². The van der Waals surface area contributed by atoms with E-state index in [-0.39, 0.29) is 5.75 Å². The van der Waals surface area contributed by atoms with E-state index in [1.165, 1.54) is 18.2 Å². The fourth-order valence-electron chi connectivity index (χ4n) is 1.98. The van der Waals surface area contributed by atoms with Crippen LogP contribution in [0.5, 0.6) is 11.5 Å². The Morgan fingerprint density at radius 2 is 1.73 bits per heavy atom. The third-order valence-corrected chi connectivity index (χ3v) is 3.39. The Balaban J connectivity index is 1.75. The molecule has 0 fully saturated rings. The van der Waals surface area contributed by atoms with Crippen molar-refractivity contribution in [3.05, 3.63) is 59.9 Å². The minimum atomic E-state index is -0.610. The zero-order valence-electron chi connectivity index (χ0n) is 14.5. The van der Waals surface area contributed by atoms with Crippen LogP contribution in [0.2, 0.25) is 0 Å². The number of nitrogens with one attached hydrogen (secondary N) is 2. The fourth-order valence-corrected chi connectivity index (χ4v) is 1.98. The number of hydrogen-bond acceptors (Lipinski definition) is 4. The third-order valence-electron chi connectivity index (χ3n) is 3.39. The van der Waals surface area contributed by atoms with Gasteiger partial charge in [0.25, 0.3) is 11.8 Å². The molecule has 26 heavy (non-hydrogen) atoms. The van der Waals surface area contributed by atoms with Crippen LogP contribution in [0.15, 0.2) is 48.5 Å². The number of ether oxygens (including phenoxy) is 2. The van der Waals surface area contributed by atoms with E-state index in [1.807, 2.05) is 0 Å². The Labute approximate surface area is 151 Å². The Hall–Kier alpha value is -3.09. The number of carbonyl (C=O) groups excluding carboxylic acids is 2. The topological polar surface area (TPSA) is 76.7 Å². The van der Waals surface area contributed by atoms with Crippen LogP contribution in [-0.4, -0.2) is 25.0 Å². The van der Waals surface area contributed by atoms with Gasteiger partial charge < -0.3 is 9.47 Å². The molecule has 0 saturated carbocycles. The maximum absolute atomic E-state index is 13.4. The van der Waals surface area contributed by atoms with Gasteiger partial charge in [0.05, 0.1) is 6.61 Å². The van der Waals surface area contributed by atoms with Crippen LogP contribution in [0, 0.1) is 5.82 Å². The molecule has 2 amide bonds. The van der Waals surface area contributed by atoms with E-state index < -0.39 is 24.2 Å². The van der Waals surface area contributed by atoms with Crippen molar-refractivity contribution in [1.82, 2.24) is 10.9 Å². The maximum atomic E-state index is 13.4. The van der Waals surface area contributed by atoms with Gasteiger partial charge in [-0.2, -0.15) is 0 Å². The van der Waals surface area contributed by atoms with E-state index in [4.69, 9.17) is 9.47 Å². The molecule has 2 aromatic carbocycles. The van der Waals surface area contributed by atoms with Gasteiger partial charge in [-0.3, -0.25) is 20.4 Å². The second-order valence-electron chi connectivity index (χ2n) is 5.45. The Bertz CT molecular complexity index is 735. The summed E-state index contributed by atoms with van der Waals surface area (Å²) in [6.07, 6.45) is 2.00. The minimum Gasteiger partial charge on any atom is -0.494 e. The highest BCUT2D eigenvalue weighted by molar-refractivity contribution is 5.95. The molecule has 0 heterocycles. The molecule has 0 unspecified atom stereocenters. The third kappa shape index (κ3) is 6.08. The summed E-state index contributed by atoms with van der Waals surface area (Å²) in [6.45, 7) is 2.28. The maximum Gasteiger partial charge on any atom is 0.276 e. The van der Waals surface area contributed by atoms with Gasteiger partial charge in [-0.1, -0.05) is 25.5 Å². The molecule has 2 aromatic rings. The summed E-state index contributed by atoms with van der Waals surface area (Å²) < 4.78 is 23.9. The molecule has 2 rings (SSSR count). The number of halogens is 1. The van der Waals surface area contributed by atoms with Gasteiger partial charge >= 0.3 is 0 Å². The van der Waals surface area contributed by atoms with Gasteiger partial charge in [0.1, 0.15) is 5.75 Å². The van der Waals surface area contributed by atoms with Gasteiger partial charge in [0, 0.05) is 5.56 Å². The molecular weight excluding hydrogens is 339 g/mol. The van der Waals surface area contributed by atoms with E-state index >= 15 is 0 Å². The summed E-state index contributed by atoms with van der Waals surface area (Å²) in [6, 6.07) is 12.3. The molecule has 7 heteroatoms. The first-order chi connectivity index (χ1) is 12.6. The van der Waals surface area contributed by atoms with Crippen LogP contribution in [0.4, 0.5) is 4.39 Å². The minimum absolute atomic E-state index is 0.0346. The van der Waals surface area contributed by atoms with Crippen molar-refractivity contribution < 1.29 is 23.5 Å². The molecular formula is C19H21FN2O4.